The standard InChI is InChI=1S/C24H44/c1-5-13-21(3)16-12-17-22(4)15-8-7-9-18-24-20-11-10-19-23(24)14-6-2/h23-24H,3-20H2,1-2H3. The minimum Gasteiger partial charge on any atom is -0.0999 e. The summed E-state index contributed by atoms with van der Waals surface area (Å²) in [5.41, 5.74) is 2.90. The molecule has 2 unspecified atom stereocenters. The molecule has 24 heavy (non-hydrogen) atoms. The molecule has 0 N–H and O–H groups in total. The third-order valence-corrected chi connectivity index (χ3v) is 6.00. The number of allylic oxidation sites excluding steroid dienone is 2. The van der Waals surface area contributed by atoms with E-state index in [2.05, 4.69) is 27.0 Å². The highest BCUT2D eigenvalue weighted by molar-refractivity contribution is 4.98. The minimum absolute atomic E-state index is 1.05. The van der Waals surface area contributed by atoms with Crippen molar-refractivity contribution in [1.82, 2.24) is 0 Å². The van der Waals surface area contributed by atoms with Crippen LogP contribution in [0.4, 0.5) is 0 Å². The Balaban J connectivity index is 2.02. The van der Waals surface area contributed by atoms with Gasteiger partial charge in [-0.1, -0.05) is 102 Å². The van der Waals surface area contributed by atoms with Crippen molar-refractivity contribution in [3.63, 3.8) is 0 Å². The van der Waals surface area contributed by atoms with Gasteiger partial charge in [-0.05, 0) is 50.4 Å². The van der Waals surface area contributed by atoms with E-state index in [1.807, 2.05) is 0 Å². The van der Waals surface area contributed by atoms with Crippen LogP contribution < -0.4 is 0 Å². The maximum absolute atomic E-state index is 4.29. The molecule has 0 heteroatoms. The van der Waals surface area contributed by atoms with E-state index >= 15 is 0 Å². The number of unbranched alkanes of at least 4 members (excludes halogenated alkanes) is 2. The SMILES string of the molecule is C=C(CCC)CCCC(=C)CCCCCC1CCCCC1CCC. The first-order valence-electron chi connectivity index (χ1n) is 11.0. The van der Waals surface area contributed by atoms with E-state index in [0.717, 1.165) is 11.8 Å². The highest BCUT2D eigenvalue weighted by Crippen LogP contribution is 2.36. The van der Waals surface area contributed by atoms with Crippen LogP contribution in [0.2, 0.25) is 0 Å². The molecule has 0 spiro atoms. The Hall–Kier alpha value is -0.520. The molecule has 1 aliphatic rings. The van der Waals surface area contributed by atoms with Crippen LogP contribution in [0, 0.1) is 11.8 Å². The average molecular weight is 333 g/mol. The van der Waals surface area contributed by atoms with Gasteiger partial charge in [0.05, 0.1) is 0 Å². The monoisotopic (exact) mass is 332 g/mol. The smallest absolute Gasteiger partial charge is 0.0320 e. The van der Waals surface area contributed by atoms with Crippen molar-refractivity contribution in [2.45, 2.75) is 117 Å². The first-order valence-corrected chi connectivity index (χ1v) is 11.0. The molecular weight excluding hydrogens is 288 g/mol. The second-order valence-electron chi connectivity index (χ2n) is 8.30. The fraction of sp³-hybridized carbons (Fsp3) is 0.833. The van der Waals surface area contributed by atoms with E-state index < -0.39 is 0 Å². The molecule has 0 aliphatic heterocycles. The van der Waals surface area contributed by atoms with Crippen LogP contribution in [0.1, 0.15) is 117 Å². The lowest BCUT2D eigenvalue weighted by Crippen LogP contribution is -2.19. The molecule has 140 valence electrons. The zero-order valence-electron chi connectivity index (χ0n) is 16.9. The third-order valence-electron chi connectivity index (χ3n) is 6.00. The van der Waals surface area contributed by atoms with Crippen LogP contribution in [0.3, 0.4) is 0 Å². The predicted octanol–water partition coefficient (Wildman–Crippen LogP) is 8.63. The van der Waals surface area contributed by atoms with Crippen molar-refractivity contribution in [2.75, 3.05) is 0 Å². The maximum atomic E-state index is 4.29. The van der Waals surface area contributed by atoms with Gasteiger partial charge in [0.1, 0.15) is 0 Å². The van der Waals surface area contributed by atoms with Crippen LogP contribution >= 0.6 is 0 Å². The molecule has 0 aromatic rings. The lowest BCUT2D eigenvalue weighted by molar-refractivity contribution is 0.205. The average Bonchev–Trinajstić information content (AvgIpc) is 2.56. The Morgan fingerprint density at radius 3 is 1.88 bits per heavy atom. The molecule has 1 aliphatic carbocycles. The van der Waals surface area contributed by atoms with E-state index in [-0.39, 0.29) is 0 Å². The van der Waals surface area contributed by atoms with E-state index in [4.69, 9.17) is 0 Å². The topological polar surface area (TPSA) is 0 Å². The highest BCUT2D eigenvalue weighted by atomic mass is 14.3. The van der Waals surface area contributed by atoms with E-state index in [0.29, 0.717) is 0 Å². The van der Waals surface area contributed by atoms with E-state index in [1.54, 1.807) is 0 Å². The summed E-state index contributed by atoms with van der Waals surface area (Å²) in [6.45, 7) is 13.0. The molecule has 0 heterocycles. The Morgan fingerprint density at radius 2 is 1.25 bits per heavy atom. The molecule has 0 radical (unpaired) electrons. The van der Waals surface area contributed by atoms with Gasteiger partial charge in [-0.2, -0.15) is 0 Å². The summed E-state index contributed by atoms with van der Waals surface area (Å²) in [4.78, 5) is 0. The summed E-state index contributed by atoms with van der Waals surface area (Å²) in [5.74, 6) is 2.10. The summed E-state index contributed by atoms with van der Waals surface area (Å²) >= 11 is 0. The Kier molecular flexibility index (Phi) is 12.3. The second kappa shape index (κ2) is 13.7. The van der Waals surface area contributed by atoms with E-state index in [9.17, 15) is 0 Å². The van der Waals surface area contributed by atoms with Crippen molar-refractivity contribution in [3.05, 3.63) is 24.3 Å². The zero-order chi connectivity index (χ0) is 17.6. The Morgan fingerprint density at radius 1 is 0.667 bits per heavy atom. The molecule has 1 saturated carbocycles. The van der Waals surface area contributed by atoms with Crippen LogP contribution in [0.25, 0.3) is 0 Å². The molecule has 2 atom stereocenters. The summed E-state index contributed by atoms with van der Waals surface area (Å²) in [5, 5.41) is 0. The highest BCUT2D eigenvalue weighted by Gasteiger charge is 2.23. The van der Waals surface area contributed by atoms with Gasteiger partial charge in [-0.15, -0.1) is 0 Å². The van der Waals surface area contributed by atoms with Gasteiger partial charge in [0.15, 0.2) is 0 Å². The quantitative estimate of drug-likeness (QED) is 0.220. The fourth-order valence-corrected chi connectivity index (χ4v) is 4.57. The first-order chi connectivity index (χ1) is 11.7. The predicted molar refractivity (Wildman–Crippen MR) is 110 cm³/mol. The lowest BCUT2D eigenvalue weighted by Gasteiger charge is -2.31. The Bertz CT molecular complexity index is 336. The lowest BCUT2D eigenvalue weighted by atomic mass is 9.74. The number of hydrogen-bond donors (Lipinski definition) is 0. The summed E-state index contributed by atoms with van der Waals surface area (Å²) < 4.78 is 0. The molecule has 0 saturated heterocycles. The van der Waals surface area contributed by atoms with Crippen LogP contribution in [-0.2, 0) is 0 Å². The largest absolute Gasteiger partial charge is 0.0999 e. The minimum atomic E-state index is 1.05. The van der Waals surface area contributed by atoms with Crippen LogP contribution in [0.5, 0.6) is 0 Å². The second-order valence-corrected chi connectivity index (χ2v) is 8.30. The van der Waals surface area contributed by atoms with E-state index in [1.165, 1.54) is 114 Å². The van der Waals surface area contributed by atoms with Gasteiger partial charge >= 0.3 is 0 Å². The molecular formula is C24H44. The van der Waals surface area contributed by atoms with Crippen molar-refractivity contribution >= 4 is 0 Å². The van der Waals surface area contributed by atoms with Gasteiger partial charge in [0, 0.05) is 0 Å². The number of hydrogen-bond acceptors (Lipinski definition) is 0. The molecule has 1 fully saturated rings. The van der Waals surface area contributed by atoms with Crippen molar-refractivity contribution in [2.24, 2.45) is 11.8 Å². The molecule has 1 rings (SSSR count). The van der Waals surface area contributed by atoms with Crippen molar-refractivity contribution in [1.29, 1.82) is 0 Å². The van der Waals surface area contributed by atoms with Crippen LogP contribution in [-0.4, -0.2) is 0 Å². The maximum Gasteiger partial charge on any atom is -0.0320 e. The molecule has 0 aromatic heterocycles. The molecule has 0 aromatic carbocycles. The summed E-state index contributed by atoms with van der Waals surface area (Å²) in [6, 6.07) is 0. The Labute approximate surface area is 153 Å². The van der Waals surface area contributed by atoms with Crippen molar-refractivity contribution in [3.8, 4) is 0 Å². The van der Waals surface area contributed by atoms with Crippen molar-refractivity contribution < 1.29 is 0 Å². The zero-order valence-corrected chi connectivity index (χ0v) is 16.9. The summed E-state index contributed by atoms with van der Waals surface area (Å²) in [7, 11) is 0. The summed E-state index contributed by atoms with van der Waals surface area (Å²) in [6.07, 6.45) is 22.0. The normalized spacial score (nSPS) is 20.9. The molecule has 0 amide bonds. The van der Waals surface area contributed by atoms with Gasteiger partial charge in [0.2, 0.25) is 0 Å². The third kappa shape index (κ3) is 9.70. The van der Waals surface area contributed by atoms with Gasteiger partial charge in [-0.25, -0.2) is 0 Å². The molecule has 0 nitrogen and oxygen atoms in total. The molecule has 0 bridgehead atoms. The van der Waals surface area contributed by atoms with Crippen LogP contribution in [0.15, 0.2) is 24.3 Å². The van der Waals surface area contributed by atoms with Gasteiger partial charge < -0.3 is 0 Å². The fourth-order valence-electron chi connectivity index (χ4n) is 4.57. The van der Waals surface area contributed by atoms with Gasteiger partial charge in [-0.3, -0.25) is 0 Å². The number of rotatable bonds is 14. The van der Waals surface area contributed by atoms with Gasteiger partial charge in [0.25, 0.3) is 0 Å². The first kappa shape index (κ1) is 21.5.